The number of ether oxygens (including phenoxy) is 1. The summed E-state index contributed by atoms with van der Waals surface area (Å²) in [6, 6.07) is 0.337. The highest BCUT2D eigenvalue weighted by Crippen LogP contribution is 2.40. The average Bonchev–Trinajstić information content (AvgIpc) is 2.40. The summed E-state index contributed by atoms with van der Waals surface area (Å²) in [7, 11) is 0. The van der Waals surface area contributed by atoms with E-state index in [2.05, 4.69) is 32.6 Å². The van der Waals surface area contributed by atoms with Gasteiger partial charge in [0.1, 0.15) is 0 Å². The molecule has 94 valence electrons. The van der Waals surface area contributed by atoms with Crippen molar-refractivity contribution in [1.29, 1.82) is 0 Å². The first-order chi connectivity index (χ1) is 7.40. The molecule has 3 heteroatoms. The Kier molecular flexibility index (Phi) is 3.30. The third kappa shape index (κ3) is 2.27. The van der Waals surface area contributed by atoms with E-state index in [1.807, 2.05) is 0 Å². The predicted molar refractivity (Wildman–Crippen MR) is 64.4 cm³/mol. The zero-order valence-electron chi connectivity index (χ0n) is 10.9. The van der Waals surface area contributed by atoms with Gasteiger partial charge >= 0.3 is 0 Å². The second-order valence-corrected chi connectivity index (χ2v) is 6.25. The molecule has 4 unspecified atom stereocenters. The summed E-state index contributed by atoms with van der Waals surface area (Å²) < 4.78 is 5.74. The Morgan fingerprint density at radius 2 is 1.75 bits per heavy atom. The molecule has 1 saturated heterocycles. The van der Waals surface area contributed by atoms with Crippen molar-refractivity contribution in [3.63, 3.8) is 0 Å². The molecule has 2 fully saturated rings. The second-order valence-electron chi connectivity index (χ2n) is 6.25. The zero-order valence-corrected chi connectivity index (χ0v) is 10.9. The largest absolute Gasteiger partial charge is 0.391 e. The van der Waals surface area contributed by atoms with Crippen LogP contribution in [0.15, 0.2) is 0 Å². The highest BCUT2D eigenvalue weighted by atomic mass is 16.5. The molecule has 1 heterocycles. The van der Waals surface area contributed by atoms with Crippen molar-refractivity contribution in [2.75, 3.05) is 13.1 Å². The number of morpholine rings is 1. The molecule has 0 radical (unpaired) electrons. The summed E-state index contributed by atoms with van der Waals surface area (Å²) >= 11 is 0. The zero-order chi connectivity index (χ0) is 11.9. The van der Waals surface area contributed by atoms with Crippen LogP contribution in [-0.2, 0) is 4.74 Å². The van der Waals surface area contributed by atoms with Gasteiger partial charge in [0.25, 0.3) is 0 Å². The van der Waals surface area contributed by atoms with Gasteiger partial charge in [-0.05, 0) is 32.1 Å². The standard InChI is InChI=1S/C13H25NO2/c1-9-7-14(8-10(2)16-9)11-5-6-13(3,4)12(11)15/h9-12,15H,5-8H2,1-4H3. The Hall–Kier alpha value is -0.120. The van der Waals surface area contributed by atoms with Gasteiger partial charge in [-0.1, -0.05) is 13.8 Å². The van der Waals surface area contributed by atoms with E-state index in [9.17, 15) is 5.11 Å². The lowest BCUT2D eigenvalue weighted by molar-refractivity contribution is -0.0974. The SMILES string of the molecule is CC1CN(C2CCC(C)(C)C2O)CC(C)O1. The van der Waals surface area contributed by atoms with E-state index >= 15 is 0 Å². The van der Waals surface area contributed by atoms with Crippen LogP contribution in [0.1, 0.15) is 40.5 Å². The van der Waals surface area contributed by atoms with E-state index in [0.717, 1.165) is 25.9 Å². The number of aliphatic hydroxyl groups excluding tert-OH is 1. The molecule has 2 rings (SSSR count). The summed E-state index contributed by atoms with van der Waals surface area (Å²) in [5.41, 5.74) is 0.0788. The molecule has 1 aliphatic heterocycles. The third-order valence-corrected chi connectivity index (χ3v) is 4.17. The normalized spacial score (nSPS) is 44.8. The van der Waals surface area contributed by atoms with Gasteiger partial charge in [0.15, 0.2) is 0 Å². The molecule has 1 aliphatic carbocycles. The van der Waals surface area contributed by atoms with Crippen molar-refractivity contribution < 1.29 is 9.84 Å². The monoisotopic (exact) mass is 227 g/mol. The number of rotatable bonds is 1. The van der Waals surface area contributed by atoms with Gasteiger partial charge in [0.2, 0.25) is 0 Å². The molecule has 0 spiro atoms. The van der Waals surface area contributed by atoms with E-state index < -0.39 is 0 Å². The van der Waals surface area contributed by atoms with Gasteiger partial charge in [0, 0.05) is 19.1 Å². The fourth-order valence-electron chi connectivity index (χ4n) is 3.22. The molecule has 0 amide bonds. The summed E-state index contributed by atoms with van der Waals surface area (Å²) in [5, 5.41) is 10.4. The lowest BCUT2D eigenvalue weighted by Crippen LogP contribution is -2.53. The Bertz CT molecular complexity index is 244. The maximum absolute atomic E-state index is 10.4. The Morgan fingerprint density at radius 1 is 1.19 bits per heavy atom. The van der Waals surface area contributed by atoms with Crippen LogP contribution < -0.4 is 0 Å². The first-order valence-electron chi connectivity index (χ1n) is 6.48. The maximum Gasteiger partial charge on any atom is 0.0746 e. The molecule has 0 bridgehead atoms. The number of nitrogens with zero attached hydrogens (tertiary/aromatic N) is 1. The lowest BCUT2D eigenvalue weighted by Gasteiger charge is -2.41. The third-order valence-electron chi connectivity index (χ3n) is 4.17. The smallest absolute Gasteiger partial charge is 0.0746 e. The van der Waals surface area contributed by atoms with Crippen LogP contribution in [-0.4, -0.2) is 47.4 Å². The van der Waals surface area contributed by atoms with Crippen LogP contribution in [0.3, 0.4) is 0 Å². The van der Waals surface area contributed by atoms with Crippen molar-refractivity contribution >= 4 is 0 Å². The summed E-state index contributed by atoms with van der Waals surface area (Å²) in [5.74, 6) is 0. The minimum atomic E-state index is -0.190. The fraction of sp³-hybridized carbons (Fsp3) is 1.00. The molecule has 4 atom stereocenters. The molecule has 0 aromatic carbocycles. The highest BCUT2D eigenvalue weighted by molar-refractivity contribution is 4.97. The van der Waals surface area contributed by atoms with Gasteiger partial charge in [-0.2, -0.15) is 0 Å². The van der Waals surface area contributed by atoms with E-state index in [-0.39, 0.29) is 11.5 Å². The van der Waals surface area contributed by atoms with Crippen molar-refractivity contribution in [2.45, 2.75) is 64.9 Å². The van der Waals surface area contributed by atoms with E-state index in [1.165, 1.54) is 0 Å². The molecule has 0 aromatic rings. The molecule has 0 aromatic heterocycles. The van der Waals surface area contributed by atoms with Crippen LogP contribution in [0.25, 0.3) is 0 Å². The first-order valence-corrected chi connectivity index (χ1v) is 6.48. The average molecular weight is 227 g/mol. The molecular formula is C13H25NO2. The molecule has 2 aliphatic rings. The van der Waals surface area contributed by atoms with Crippen LogP contribution in [0.4, 0.5) is 0 Å². The minimum absolute atomic E-state index is 0.0788. The summed E-state index contributed by atoms with van der Waals surface area (Å²) in [4.78, 5) is 2.43. The van der Waals surface area contributed by atoms with Crippen molar-refractivity contribution in [2.24, 2.45) is 5.41 Å². The Balaban J connectivity index is 2.03. The summed E-state index contributed by atoms with van der Waals surface area (Å²) in [6.45, 7) is 10.5. The van der Waals surface area contributed by atoms with E-state index in [0.29, 0.717) is 18.2 Å². The number of aliphatic hydroxyl groups is 1. The van der Waals surface area contributed by atoms with Crippen molar-refractivity contribution in [3.8, 4) is 0 Å². The molecule has 3 nitrogen and oxygen atoms in total. The molecular weight excluding hydrogens is 202 g/mol. The number of hydrogen-bond donors (Lipinski definition) is 1. The van der Waals surface area contributed by atoms with Gasteiger partial charge in [-0.15, -0.1) is 0 Å². The van der Waals surface area contributed by atoms with Gasteiger partial charge in [-0.3, -0.25) is 4.90 Å². The maximum atomic E-state index is 10.4. The van der Waals surface area contributed by atoms with Crippen LogP contribution in [0, 0.1) is 5.41 Å². The summed E-state index contributed by atoms with van der Waals surface area (Å²) in [6.07, 6.45) is 2.64. The van der Waals surface area contributed by atoms with Crippen molar-refractivity contribution in [3.05, 3.63) is 0 Å². The van der Waals surface area contributed by atoms with Gasteiger partial charge < -0.3 is 9.84 Å². The first kappa shape index (κ1) is 12.3. The topological polar surface area (TPSA) is 32.7 Å². The minimum Gasteiger partial charge on any atom is -0.391 e. The Morgan fingerprint density at radius 3 is 2.19 bits per heavy atom. The fourth-order valence-corrected chi connectivity index (χ4v) is 3.22. The molecule has 1 saturated carbocycles. The Labute approximate surface area is 98.8 Å². The highest BCUT2D eigenvalue weighted by Gasteiger charge is 2.44. The predicted octanol–water partition coefficient (Wildman–Crippen LogP) is 1.65. The van der Waals surface area contributed by atoms with Crippen LogP contribution in [0.2, 0.25) is 0 Å². The lowest BCUT2D eigenvalue weighted by atomic mass is 9.88. The van der Waals surface area contributed by atoms with Crippen molar-refractivity contribution in [1.82, 2.24) is 4.90 Å². The quantitative estimate of drug-likeness (QED) is 0.739. The van der Waals surface area contributed by atoms with Crippen LogP contribution >= 0.6 is 0 Å². The molecule has 16 heavy (non-hydrogen) atoms. The van der Waals surface area contributed by atoms with Gasteiger partial charge in [-0.25, -0.2) is 0 Å². The second kappa shape index (κ2) is 4.28. The van der Waals surface area contributed by atoms with Crippen LogP contribution in [0.5, 0.6) is 0 Å². The van der Waals surface area contributed by atoms with E-state index in [1.54, 1.807) is 0 Å². The van der Waals surface area contributed by atoms with Gasteiger partial charge in [0.05, 0.1) is 18.3 Å². The van der Waals surface area contributed by atoms with E-state index in [4.69, 9.17) is 4.74 Å². The number of hydrogen-bond acceptors (Lipinski definition) is 3. The molecule has 1 N–H and O–H groups in total.